The summed E-state index contributed by atoms with van der Waals surface area (Å²) in [4.78, 5) is 22.8. The molecule has 0 spiro atoms. The highest BCUT2D eigenvalue weighted by Gasteiger charge is 2.14. The summed E-state index contributed by atoms with van der Waals surface area (Å²) in [6.07, 6.45) is 3.33. The van der Waals surface area contributed by atoms with Crippen LogP contribution in [0.4, 0.5) is 0 Å². The fourth-order valence-corrected chi connectivity index (χ4v) is 2.62. The monoisotopic (exact) mass is 332 g/mol. The number of H-pyrrole nitrogens is 1. The Labute approximate surface area is 135 Å². The zero-order valence-corrected chi connectivity index (χ0v) is 13.1. The van der Waals surface area contributed by atoms with Crippen molar-refractivity contribution in [3.8, 4) is 16.9 Å². The molecule has 0 aliphatic rings. The van der Waals surface area contributed by atoms with Gasteiger partial charge in [-0.25, -0.2) is 9.48 Å². The quantitative estimate of drug-likeness (QED) is 0.769. The van der Waals surface area contributed by atoms with Crippen molar-refractivity contribution in [1.82, 2.24) is 19.6 Å². The molecule has 0 amide bonds. The Morgan fingerprint density at radius 3 is 2.70 bits per heavy atom. The molecule has 0 aliphatic heterocycles. The first kappa shape index (κ1) is 15.1. The maximum absolute atomic E-state index is 11.7. The van der Waals surface area contributed by atoms with E-state index in [1.807, 2.05) is 0 Å². The number of aromatic amines is 1. The van der Waals surface area contributed by atoms with E-state index in [0.29, 0.717) is 16.9 Å². The summed E-state index contributed by atoms with van der Waals surface area (Å²) in [5.74, 6) is -0.471. The van der Waals surface area contributed by atoms with Crippen molar-refractivity contribution < 1.29 is 9.90 Å². The summed E-state index contributed by atoms with van der Waals surface area (Å²) in [5.41, 5.74) is 1.79. The number of carboxylic acids is 1. The minimum atomic E-state index is -1.09. The van der Waals surface area contributed by atoms with Crippen molar-refractivity contribution in [2.24, 2.45) is 7.05 Å². The Balaban J connectivity index is 2.08. The van der Waals surface area contributed by atoms with E-state index in [-0.39, 0.29) is 16.1 Å². The third-order valence-corrected chi connectivity index (χ3v) is 3.92. The molecule has 2 N–H and O–H groups in total. The molecule has 2 aromatic heterocycles. The molecule has 0 saturated heterocycles. The molecule has 23 heavy (non-hydrogen) atoms. The molecule has 3 aromatic rings. The number of rotatable bonds is 3. The standard InChI is InChI=1S/C15H13ClN4O3/c1-8-13(21)18-19(2)14(8)20-7-10(6-17-20)9-3-4-12(16)11(5-9)15(22)23/h3-7H,1-2H3,(H,18,21)(H,22,23). The molecule has 0 radical (unpaired) electrons. The van der Waals surface area contributed by atoms with E-state index in [4.69, 9.17) is 16.7 Å². The molecule has 0 saturated carbocycles. The predicted octanol–water partition coefficient (Wildman–Crippen LogP) is 2.23. The van der Waals surface area contributed by atoms with Gasteiger partial charge in [-0.1, -0.05) is 17.7 Å². The molecular weight excluding hydrogens is 320 g/mol. The summed E-state index contributed by atoms with van der Waals surface area (Å²) in [5, 5.41) is 16.2. The normalized spacial score (nSPS) is 10.9. The molecule has 3 rings (SSSR count). The molecule has 0 aliphatic carbocycles. The average molecular weight is 333 g/mol. The third kappa shape index (κ3) is 2.55. The molecule has 0 unspecified atom stereocenters. The maximum Gasteiger partial charge on any atom is 0.337 e. The van der Waals surface area contributed by atoms with Gasteiger partial charge in [0.25, 0.3) is 5.56 Å². The lowest BCUT2D eigenvalue weighted by Gasteiger charge is -2.04. The van der Waals surface area contributed by atoms with Gasteiger partial charge in [-0.2, -0.15) is 5.10 Å². The minimum Gasteiger partial charge on any atom is -0.478 e. The van der Waals surface area contributed by atoms with Crippen molar-refractivity contribution in [3.63, 3.8) is 0 Å². The van der Waals surface area contributed by atoms with Crippen LogP contribution in [0.2, 0.25) is 5.02 Å². The van der Waals surface area contributed by atoms with Crippen LogP contribution < -0.4 is 5.56 Å². The van der Waals surface area contributed by atoms with Crippen molar-refractivity contribution in [2.75, 3.05) is 0 Å². The van der Waals surface area contributed by atoms with E-state index in [9.17, 15) is 9.59 Å². The topological polar surface area (TPSA) is 92.9 Å². The number of nitrogens with zero attached hydrogens (tertiary/aromatic N) is 3. The molecule has 0 atom stereocenters. The van der Waals surface area contributed by atoms with Gasteiger partial charge in [-0.3, -0.25) is 14.6 Å². The highest BCUT2D eigenvalue weighted by Crippen LogP contribution is 2.25. The Hall–Kier alpha value is -2.80. The minimum absolute atomic E-state index is 0.0298. The van der Waals surface area contributed by atoms with Gasteiger partial charge in [0.1, 0.15) is 0 Å². The van der Waals surface area contributed by atoms with Gasteiger partial charge >= 0.3 is 5.97 Å². The second-order valence-electron chi connectivity index (χ2n) is 5.12. The smallest absolute Gasteiger partial charge is 0.337 e. The lowest BCUT2D eigenvalue weighted by molar-refractivity contribution is 0.0697. The number of halogens is 1. The fourth-order valence-electron chi connectivity index (χ4n) is 2.42. The molecule has 7 nitrogen and oxygen atoms in total. The first-order valence-corrected chi connectivity index (χ1v) is 7.10. The van der Waals surface area contributed by atoms with Gasteiger partial charge in [-0.15, -0.1) is 0 Å². The third-order valence-electron chi connectivity index (χ3n) is 3.59. The van der Waals surface area contributed by atoms with Crippen LogP contribution in [0.25, 0.3) is 16.9 Å². The van der Waals surface area contributed by atoms with Crippen molar-refractivity contribution in [3.05, 3.63) is 57.1 Å². The van der Waals surface area contributed by atoms with E-state index < -0.39 is 5.97 Å². The van der Waals surface area contributed by atoms with Crippen LogP contribution >= 0.6 is 11.6 Å². The molecule has 8 heteroatoms. The first-order chi connectivity index (χ1) is 10.9. The zero-order chi connectivity index (χ0) is 16.7. The van der Waals surface area contributed by atoms with Crippen molar-refractivity contribution in [2.45, 2.75) is 6.92 Å². The Bertz CT molecular complexity index is 968. The van der Waals surface area contributed by atoms with E-state index >= 15 is 0 Å². The number of aromatic carboxylic acids is 1. The highest BCUT2D eigenvalue weighted by molar-refractivity contribution is 6.33. The van der Waals surface area contributed by atoms with Gasteiger partial charge in [0.15, 0.2) is 5.82 Å². The largest absolute Gasteiger partial charge is 0.478 e. The summed E-state index contributed by atoms with van der Waals surface area (Å²) < 4.78 is 3.15. The lowest BCUT2D eigenvalue weighted by Crippen LogP contribution is -2.04. The number of nitrogens with one attached hydrogen (secondary N) is 1. The summed E-state index contributed by atoms with van der Waals surface area (Å²) in [6, 6.07) is 4.75. The first-order valence-electron chi connectivity index (χ1n) is 6.72. The van der Waals surface area contributed by atoms with Crippen LogP contribution in [0, 0.1) is 6.92 Å². The number of carboxylic acid groups (broad SMARTS) is 1. The van der Waals surface area contributed by atoms with E-state index in [0.717, 1.165) is 5.56 Å². The van der Waals surface area contributed by atoms with Crippen LogP contribution in [-0.4, -0.2) is 30.6 Å². The van der Waals surface area contributed by atoms with Crippen LogP contribution in [0.5, 0.6) is 0 Å². The van der Waals surface area contributed by atoms with Crippen LogP contribution in [0.1, 0.15) is 15.9 Å². The second kappa shape index (κ2) is 5.44. The number of hydrogen-bond acceptors (Lipinski definition) is 3. The summed E-state index contributed by atoms with van der Waals surface area (Å²) >= 11 is 5.88. The van der Waals surface area contributed by atoms with E-state index in [2.05, 4.69) is 10.2 Å². The molecule has 118 valence electrons. The van der Waals surface area contributed by atoms with Crippen LogP contribution in [0.3, 0.4) is 0 Å². The SMILES string of the molecule is Cc1c(-n2cc(-c3ccc(Cl)c(C(=O)O)c3)cn2)n(C)[nH]c1=O. The Morgan fingerprint density at radius 1 is 1.35 bits per heavy atom. The van der Waals surface area contributed by atoms with Crippen molar-refractivity contribution in [1.29, 1.82) is 0 Å². The average Bonchev–Trinajstić information content (AvgIpc) is 3.05. The van der Waals surface area contributed by atoms with Gasteiger partial charge in [0, 0.05) is 18.8 Å². The lowest BCUT2D eigenvalue weighted by atomic mass is 10.1. The number of carbonyl (C=O) groups is 1. The predicted molar refractivity (Wildman–Crippen MR) is 85.3 cm³/mol. The molecular formula is C15H13ClN4O3. The molecule has 0 bridgehead atoms. The summed E-state index contributed by atoms with van der Waals surface area (Å²) in [6.45, 7) is 1.71. The fraction of sp³-hybridized carbons (Fsp3) is 0.133. The second-order valence-corrected chi connectivity index (χ2v) is 5.53. The van der Waals surface area contributed by atoms with Crippen molar-refractivity contribution >= 4 is 17.6 Å². The number of aryl methyl sites for hydroxylation is 1. The van der Waals surface area contributed by atoms with E-state index in [1.165, 1.54) is 12.1 Å². The van der Waals surface area contributed by atoms with Gasteiger partial charge in [-0.05, 0) is 24.6 Å². The van der Waals surface area contributed by atoms with Gasteiger partial charge in [0.2, 0.25) is 0 Å². The number of benzene rings is 1. The zero-order valence-electron chi connectivity index (χ0n) is 12.4. The number of hydrogen-bond donors (Lipinski definition) is 2. The van der Waals surface area contributed by atoms with E-state index in [1.54, 1.807) is 41.8 Å². The molecule has 1 aromatic carbocycles. The van der Waals surface area contributed by atoms with Gasteiger partial charge < -0.3 is 5.11 Å². The number of aromatic nitrogens is 4. The highest BCUT2D eigenvalue weighted by atomic mass is 35.5. The summed E-state index contributed by atoms with van der Waals surface area (Å²) in [7, 11) is 1.72. The maximum atomic E-state index is 11.7. The molecule has 0 fully saturated rings. The van der Waals surface area contributed by atoms with Crippen LogP contribution in [0.15, 0.2) is 35.4 Å². The Morgan fingerprint density at radius 2 is 2.09 bits per heavy atom. The Kier molecular flexibility index (Phi) is 3.57. The van der Waals surface area contributed by atoms with Crippen LogP contribution in [-0.2, 0) is 7.05 Å². The molecule has 2 heterocycles. The van der Waals surface area contributed by atoms with Gasteiger partial charge in [0.05, 0.1) is 22.3 Å².